The Morgan fingerprint density at radius 1 is 1.47 bits per heavy atom. The van der Waals surface area contributed by atoms with Crippen molar-refractivity contribution >= 4 is 22.6 Å². The molecule has 0 radical (unpaired) electrons. The molecule has 0 unspecified atom stereocenters. The van der Waals surface area contributed by atoms with Gasteiger partial charge in [0.2, 0.25) is 0 Å². The summed E-state index contributed by atoms with van der Waals surface area (Å²) in [7, 11) is 4.10. The summed E-state index contributed by atoms with van der Waals surface area (Å²) in [5.41, 5.74) is 7.82. The third-order valence-electron chi connectivity index (χ3n) is 1.86. The van der Waals surface area contributed by atoms with Crippen molar-refractivity contribution in [1.82, 2.24) is 4.90 Å². The minimum absolute atomic E-state index is 0.594. The van der Waals surface area contributed by atoms with Crippen LogP contribution in [0.2, 0.25) is 0 Å². The van der Waals surface area contributed by atoms with E-state index >= 15 is 0 Å². The molecular weight excluding hydrogens is 206 g/mol. The largest absolute Gasteiger partial charge is 0.378 e. The molecule has 0 aromatic heterocycles. The van der Waals surface area contributed by atoms with Gasteiger partial charge in [-0.1, -0.05) is 23.9 Å². The molecule has 0 bridgehead atoms. The predicted molar refractivity (Wildman–Crippen MR) is 68.6 cm³/mol. The highest BCUT2D eigenvalue weighted by Gasteiger charge is 1.97. The van der Waals surface area contributed by atoms with Gasteiger partial charge >= 0.3 is 0 Å². The van der Waals surface area contributed by atoms with Crippen LogP contribution in [0.4, 0.5) is 5.69 Å². The number of thioether (sulfide) groups is 1. The van der Waals surface area contributed by atoms with Gasteiger partial charge in [-0.15, -0.1) is 0 Å². The molecule has 0 aliphatic heterocycles. The van der Waals surface area contributed by atoms with Crippen molar-refractivity contribution in [2.75, 3.05) is 20.4 Å². The summed E-state index contributed by atoms with van der Waals surface area (Å²) < 4.78 is 0. The van der Waals surface area contributed by atoms with Crippen molar-refractivity contribution in [2.45, 2.75) is 6.54 Å². The van der Waals surface area contributed by atoms with Crippen molar-refractivity contribution < 1.29 is 0 Å². The first-order valence-electron chi connectivity index (χ1n) is 4.73. The van der Waals surface area contributed by atoms with E-state index in [0.717, 1.165) is 12.2 Å². The Bertz CT molecular complexity index is 347. The highest BCUT2D eigenvalue weighted by molar-refractivity contribution is 8.13. The Morgan fingerprint density at radius 2 is 2.20 bits per heavy atom. The van der Waals surface area contributed by atoms with Crippen LogP contribution in [0.15, 0.2) is 29.3 Å². The zero-order valence-corrected chi connectivity index (χ0v) is 10.2. The van der Waals surface area contributed by atoms with E-state index in [1.54, 1.807) is 0 Å². The molecule has 0 saturated carbocycles. The number of hydrogen-bond donors (Lipinski definition) is 1. The van der Waals surface area contributed by atoms with Crippen LogP contribution < -0.4 is 5.73 Å². The molecule has 3 nitrogen and oxygen atoms in total. The lowest BCUT2D eigenvalue weighted by Gasteiger charge is -2.09. The fourth-order valence-electron chi connectivity index (χ4n) is 1.26. The van der Waals surface area contributed by atoms with E-state index in [0.29, 0.717) is 5.17 Å². The quantitative estimate of drug-likeness (QED) is 0.630. The van der Waals surface area contributed by atoms with E-state index in [9.17, 15) is 0 Å². The van der Waals surface area contributed by atoms with E-state index in [4.69, 9.17) is 5.73 Å². The van der Waals surface area contributed by atoms with Gasteiger partial charge in [0.25, 0.3) is 0 Å². The molecule has 0 atom stereocenters. The summed E-state index contributed by atoms with van der Waals surface area (Å²) in [4.78, 5) is 6.41. The lowest BCUT2D eigenvalue weighted by molar-refractivity contribution is 0.402. The second-order valence-electron chi connectivity index (χ2n) is 3.56. The molecule has 1 rings (SSSR count). The van der Waals surface area contributed by atoms with Crippen LogP contribution >= 0.6 is 11.8 Å². The van der Waals surface area contributed by atoms with E-state index < -0.39 is 0 Å². The lowest BCUT2D eigenvalue weighted by atomic mass is 10.2. The van der Waals surface area contributed by atoms with Crippen molar-refractivity contribution in [3.8, 4) is 0 Å². The smallest absolute Gasteiger partial charge is 0.158 e. The number of hydrogen-bond acceptors (Lipinski definition) is 3. The Morgan fingerprint density at radius 3 is 2.80 bits per heavy atom. The zero-order valence-electron chi connectivity index (χ0n) is 9.40. The number of amidine groups is 1. The van der Waals surface area contributed by atoms with Crippen LogP contribution in [0.25, 0.3) is 0 Å². The standard InChI is InChI=1S/C11H17N3S/c1-14(2)8-9-5-4-6-10(7-9)13-11(12)15-3/h4-7H,8H2,1-3H3,(H2,12,13). The molecule has 15 heavy (non-hydrogen) atoms. The van der Waals surface area contributed by atoms with E-state index in [1.165, 1.54) is 17.3 Å². The van der Waals surface area contributed by atoms with Crippen LogP contribution in [0.1, 0.15) is 5.56 Å². The SMILES string of the molecule is CSC(N)=Nc1cccc(CN(C)C)c1. The first kappa shape index (κ1) is 12.1. The Balaban J connectivity index is 2.83. The fourth-order valence-corrected chi connectivity index (χ4v) is 1.46. The number of nitrogens with zero attached hydrogens (tertiary/aromatic N) is 2. The van der Waals surface area contributed by atoms with E-state index in [1.807, 2.05) is 32.5 Å². The molecule has 1 aromatic carbocycles. The van der Waals surface area contributed by atoms with Gasteiger partial charge in [-0.2, -0.15) is 0 Å². The Kier molecular flexibility index (Phi) is 4.65. The van der Waals surface area contributed by atoms with Gasteiger partial charge in [-0.3, -0.25) is 0 Å². The Hall–Kier alpha value is -1.00. The van der Waals surface area contributed by atoms with Crippen LogP contribution in [0.5, 0.6) is 0 Å². The maximum Gasteiger partial charge on any atom is 0.158 e. The normalized spacial score (nSPS) is 12.1. The summed E-state index contributed by atoms with van der Waals surface area (Å²) in [6, 6.07) is 8.12. The molecule has 1 aromatic rings. The second kappa shape index (κ2) is 5.78. The van der Waals surface area contributed by atoms with Crippen LogP contribution in [0.3, 0.4) is 0 Å². The first-order valence-corrected chi connectivity index (χ1v) is 5.96. The maximum absolute atomic E-state index is 5.66. The minimum atomic E-state index is 0.594. The molecule has 0 amide bonds. The highest BCUT2D eigenvalue weighted by Crippen LogP contribution is 2.16. The number of aliphatic imine (C=N–C) groups is 1. The minimum Gasteiger partial charge on any atom is -0.378 e. The molecule has 0 spiro atoms. The number of nitrogens with two attached hydrogens (primary N) is 1. The molecule has 0 aliphatic carbocycles. The molecule has 4 heteroatoms. The lowest BCUT2D eigenvalue weighted by Crippen LogP contribution is -2.10. The molecule has 82 valence electrons. The van der Waals surface area contributed by atoms with Crippen LogP contribution in [0, 0.1) is 0 Å². The van der Waals surface area contributed by atoms with Crippen molar-refractivity contribution in [2.24, 2.45) is 10.7 Å². The number of benzene rings is 1. The molecule has 0 heterocycles. The fraction of sp³-hybridized carbons (Fsp3) is 0.364. The van der Waals surface area contributed by atoms with E-state index in [2.05, 4.69) is 22.0 Å². The van der Waals surface area contributed by atoms with Gasteiger partial charge in [-0.25, -0.2) is 4.99 Å². The molecule has 0 fully saturated rings. The third-order valence-corrected chi connectivity index (χ3v) is 2.37. The average Bonchev–Trinajstić information content (AvgIpc) is 2.17. The average molecular weight is 223 g/mol. The summed E-state index contributed by atoms with van der Waals surface area (Å²) in [5.74, 6) is 0. The highest BCUT2D eigenvalue weighted by atomic mass is 32.2. The second-order valence-corrected chi connectivity index (χ2v) is 4.39. The van der Waals surface area contributed by atoms with Crippen LogP contribution in [-0.4, -0.2) is 30.4 Å². The summed E-state index contributed by atoms with van der Waals surface area (Å²) >= 11 is 1.46. The maximum atomic E-state index is 5.66. The molecule has 0 saturated heterocycles. The van der Waals surface area contributed by atoms with Gasteiger partial charge in [0, 0.05) is 6.54 Å². The summed E-state index contributed by atoms with van der Waals surface area (Å²) in [6.07, 6.45) is 1.92. The topological polar surface area (TPSA) is 41.6 Å². The zero-order chi connectivity index (χ0) is 11.3. The monoisotopic (exact) mass is 223 g/mol. The van der Waals surface area contributed by atoms with Crippen molar-refractivity contribution in [3.63, 3.8) is 0 Å². The van der Waals surface area contributed by atoms with Crippen molar-refractivity contribution in [3.05, 3.63) is 29.8 Å². The molecule has 0 aliphatic rings. The molecule has 2 N–H and O–H groups in total. The summed E-state index contributed by atoms with van der Waals surface area (Å²) in [5, 5.41) is 0.594. The van der Waals surface area contributed by atoms with Gasteiger partial charge in [-0.05, 0) is 38.0 Å². The Labute approximate surface area is 95.4 Å². The van der Waals surface area contributed by atoms with Crippen molar-refractivity contribution in [1.29, 1.82) is 0 Å². The van der Waals surface area contributed by atoms with Gasteiger partial charge in [0.1, 0.15) is 0 Å². The van der Waals surface area contributed by atoms with E-state index in [-0.39, 0.29) is 0 Å². The number of rotatable bonds is 3. The van der Waals surface area contributed by atoms with Gasteiger partial charge in [0.15, 0.2) is 5.17 Å². The first-order chi connectivity index (χ1) is 7.11. The third kappa shape index (κ3) is 4.36. The van der Waals surface area contributed by atoms with Crippen LogP contribution in [-0.2, 0) is 6.54 Å². The van der Waals surface area contributed by atoms with Gasteiger partial charge in [0.05, 0.1) is 5.69 Å². The predicted octanol–water partition coefficient (Wildman–Crippen LogP) is 2.06. The van der Waals surface area contributed by atoms with Gasteiger partial charge < -0.3 is 10.6 Å². The molecular formula is C11H17N3S. The summed E-state index contributed by atoms with van der Waals surface area (Å²) in [6.45, 7) is 0.919.